The molecule has 2 rings (SSSR count). The fourth-order valence-electron chi connectivity index (χ4n) is 4.73. The summed E-state index contributed by atoms with van der Waals surface area (Å²) >= 11 is 0. The summed E-state index contributed by atoms with van der Waals surface area (Å²) in [5.74, 6) is -2.18. The molecule has 6 amide bonds. The minimum absolute atomic E-state index is 0.0839. The van der Waals surface area contributed by atoms with Crippen LogP contribution < -0.4 is 21.3 Å². The Balaban J connectivity index is 1.76. The number of carbonyl (C=O) groups is 6. The number of carbonyl (C=O) groups excluding carboxylic acids is 6. The molecular formula is C34H53N5O8. The zero-order valence-corrected chi connectivity index (χ0v) is 29.0. The highest BCUT2D eigenvalue weighted by Crippen LogP contribution is 2.26. The second-order valence-electron chi connectivity index (χ2n) is 13.2. The van der Waals surface area contributed by atoms with E-state index in [0.29, 0.717) is 24.6 Å². The highest BCUT2D eigenvalue weighted by molar-refractivity contribution is 6.03. The maximum atomic E-state index is 13.1. The van der Waals surface area contributed by atoms with Gasteiger partial charge in [0, 0.05) is 37.1 Å². The number of hydrogen-bond donors (Lipinski definition) is 4. The van der Waals surface area contributed by atoms with E-state index in [0.717, 1.165) is 5.56 Å². The van der Waals surface area contributed by atoms with Crippen LogP contribution in [0.3, 0.4) is 0 Å². The van der Waals surface area contributed by atoms with Gasteiger partial charge in [-0.1, -0.05) is 60.6 Å². The van der Waals surface area contributed by atoms with Crippen LogP contribution in [0.25, 0.3) is 0 Å². The van der Waals surface area contributed by atoms with Crippen LogP contribution >= 0.6 is 0 Å². The van der Waals surface area contributed by atoms with Gasteiger partial charge in [-0.3, -0.25) is 28.9 Å². The Kier molecular flexibility index (Phi) is 15.8. The molecule has 0 saturated carbocycles. The Morgan fingerprint density at radius 2 is 1.53 bits per heavy atom. The number of anilines is 1. The van der Waals surface area contributed by atoms with Crippen LogP contribution in [0.15, 0.2) is 24.3 Å². The molecule has 0 aromatic heterocycles. The van der Waals surface area contributed by atoms with Gasteiger partial charge in [0.05, 0.1) is 13.2 Å². The summed E-state index contributed by atoms with van der Waals surface area (Å²) in [4.78, 5) is 76.3. The van der Waals surface area contributed by atoms with Gasteiger partial charge >= 0.3 is 6.09 Å². The Hall–Kier alpha value is -4.00. The van der Waals surface area contributed by atoms with Gasteiger partial charge in [-0.2, -0.15) is 0 Å². The second kappa shape index (κ2) is 19.0. The lowest BCUT2D eigenvalue weighted by atomic mass is 9.94. The molecular weight excluding hydrogens is 606 g/mol. The van der Waals surface area contributed by atoms with Gasteiger partial charge in [0.2, 0.25) is 29.5 Å². The van der Waals surface area contributed by atoms with Crippen molar-refractivity contribution in [3.8, 4) is 0 Å². The quantitative estimate of drug-likeness (QED) is 0.137. The Bertz CT molecular complexity index is 1230. The maximum Gasteiger partial charge on any atom is 0.407 e. The molecule has 1 aromatic carbocycles. The molecule has 0 bridgehead atoms. The van der Waals surface area contributed by atoms with E-state index in [2.05, 4.69) is 21.3 Å². The second-order valence-corrected chi connectivity index (χ2v) is 13.2. The van der Waals surface area contributed by atoms with Gasteiger partial charge in [0.1, 0.15) is 18.7 Å². The van der Waals surface area contributed by atoms with Crippen molar-refractivity contribution in [3.05, 3.63) is 29.8 Å². The van der Waals surface area contributed by atoms with Crippen molar-refractivity contribution in [1.29, 1.82) is 0 Å². The molecule has 0 aliphatic carbocycles. The monoisotopic (exact) mass is 659 g/mol. The van der Waals surface area contributed by atoms with Crippen molar-refractivity contribution in [2.45, 2.75) is 86.9 Å². The van der Waals surface area contributed by atoms with Crippen molar-refractivity contribution < 1.29 is 38.2 Å². The minimum atomic E-state index is -0.885. The summed E-state index contributed by atoms with van der Waals surface area (Å²) in [5.41, 5.74) is 1.25. The average Bonchev–Trinajstić information content (AvgIpc) is 3.30. The van der Waals surface area contributed by atoms with Crippen molar-refractivity contribution in [3.63, 3.8) is 0 Å². The number of ether oxygens (including phenoxy) is 2. The fourth-order valence-corrected chi connectivity index (χ4v) is 4.73. The molecule has 1 aliphatic heterocycles. The Morgan fingerprint density at radius 1 is 0.872 bits per heavy atom. The number of amides is 6. The molecule has 13 nitrogen and oxygen atoms in total. The highest BCUT2D eigenvalue weighted by atomic mass is 16.5. The largest absolute Gasteiger partial charge is 0.445 e. The van der Waals surface area contributed by atoms with E-state index in [1.807, 2.05) is 27.7 Å². The van der Waals surface area contributed by atoms with E-state index < -0.39 is 35.9 Å². The number of benzene rings is 1. The first-order chi connectivity index (χ1) is 22.1. The highest BCUT2D eigenvalue weighted by Gasteiger charge is 2.39. The lowest BCUT2D eigenvalue weighted by Crippen LogP contribution is -2.54. The third-order valence-electron chi connectivity index (χ3n) is 7.93. The van der Waals surface area contributed by atoms with Crippen LogP contribution in [0.2, 0.25) is 0 Å². The number of imide groups is 1. The number of hydrogen-bond acceptors (Lipinski definition) is 8. The van der Waals surface area contributed by atoms with Gasteiger partial charge in [0.25, 0.3) is 0 Å². The molecule has 1 aliphatic rings. The van der Waals surface area contributed by atoms with E-state index >= 15 is 0 Å². The molecule has 1 saturated heterocycles. The van der Waals surface area contributed by atoms with E-state index in [1.54, 1.807) is 52.0 Å². The van der Waals surface area contributed by atoms with Crippen LogP contribution in [0.4, 0.5) is 10.5 Å². The summed E-state index contributed by atoms with van der Waals surface area (Å²) in [6.07, 6.45) is 0.111. The first-order valence-corrected chi connectivity index (χ1v) is 16.4. The average molecular weight is 660 g/mol. The van der Waals surface area contributed by atoms with Crippen molar-refractivity contribution >= 4 is 41.3 Å². The molecule has 0 spiro atoms. The minimum Gasteiger partial charge on any atom is -0.445 e. The van der Waals surface area contributed by atoms with E-state index in [1.165, 1.54) is 4.90 Å². The molecule has 1 heterocycles. The van der Waals surface area contributed by atoms with Crippen molar-refractivity contribution in [1.82, 2.24) is 20.9 Å². The van der Waals surface area contributed by atoms with Crippen LogP contribution in [0.5, 0.6) is 0 Å². The molecule has 2 unspecified atom stereocenters. The number of nitrogens with one attached hydrogen (secondary N) is 4. The zero-order valence-electron chi connectivity index (χ0n) is 29.0. The Labute approximate surface area is 278 Å². The van der Waals surface area contributed by atoms with Gasteiger partial charge in [-0.25, -0.2) is 4.79 Å². The molecule has 13 heteroatoms. The predicted molar refractivity (Wildman–Crippen MR) is 177 cm³/mol. The molecule has 4 N–H and O–H groups in total. The molecule has 0 radical (unpaired) electrons. The summed E-state index contributed by atoms with van der Waals surface area (Å²) in [6.45, 7) is 15.9. The van der Waals surface area contributed by atoms with Crippen LogP contribution in [-0.4, -0.2) is 78.9 Å². The third kappa shape index (κ3) is 13.0. The Morgan fingerprint density at radius 3 is 2.11 bits per heavy atom. The molecule has 4 atom stereocenters. The lowest BCUT2D eigenvalue weighted by Gasteiger charge is -2.25. The van der Waals surface area contributed by atoms with Gasteiger partial charge < -0.3 is 30.7 Å². The molecule has 262 valence electrons. The predicted octanol–water partition coefficient (Wildman–Crippen LogP) is 3.23. The van der Waals surface area contributed by atoms with E-state index in [4.69, 9.17) is 9.47 Å². The first kappa shape index (κ1) is 39.2. The summed E-state index contributed by atoms with van der Waals surface area (Å²) in [6, 6.07) is 5.05. The number of alkyl carbamates (subject to hydrolysis) is 1. The topological polar surface area (TPSA) is 172 Å². The molecule has 1 fully saturated rings. The first-order valence-electron chi connectivity index (χ1n) is 16.4. The number of likely N-dealkylation sites (tertiary alicyclic amines) is 1. The number of rotatable bonds is 18. The fraction of sp³-hybridized carbons (Fsp3) is 0.647. The van der Waals surface area contributed by atoms with Crippen molar-refractivity contribution in [2.24, 2.45) is 29.6 Å². The third-order valence-corrected chi connectivity index (χ3v) is 7.93. The smallest absolute Gasteiger partial charge is 0.407 e. The van der Waals surface area contributed by atoms with Crippen LogP contribution in [-0.2, 0) is 40.1 Å². The molecule has 47 heavy (non-hydrogen) atoms. The van der Waals surface area contributed by atoms with E-state index in [9.17, 15) is 28.8 Å². The lowest BCUT2D eigenvalue weighted by molar-refractivity contribution is -0.140. The van der Waals surface area contributed by atoms with Crippen LogP contribution in [0, 0.1) is 29.6 Å². The maximum absolute atomic E-state index is 13.1. The summed E-state index contributed by atoms with van der Waals surface area (Å²) in [5, 5.41) is 10.9. The molecule has 1 aromatic rings. The standard InChI is InChI=1S/C34H53N5O8/c1-20(2)18-35-34(45)47-19-25-9-11-26(12-10-25)37-31(42)24(8)36-32(43)29(22(5)6)38-30(41)23(7)13-15-46-16-14-39-28(40)17-27(21(3)4)33(39)44/h9-12,20-24,27,29H,13-19H2,1-8H3,(H,35,45)(H,36,43)(H,37,42)(H,38,41)/t23?,24-,27?,29-/m0/s1. The van der Waals surface area contributed by atoms with Crippen molar-refractivity contribution in [2.75, 3.05) is 31.6 Å². The van der Waals surface area contributed by atoms with E-state index in [-0.39, 0.29) is 68.3 Å². The number of nitrogens with zero attached hydrogens (tertiary/aromatic N) is 1. The van der Waals surface area contributed by atoms with Gasteiger partial charge in [0.15, 0.2) is 0 Å². The van der Waals surface area contributed by atoms with Crippen LogP contribution in [0.1, 0.15) is 73.8 Å². The van der Waals surface area contributed by atoms with Gasteiger partial charge in [-0.05, 0) is 48.8 Å². The summed E-state index contributed by atoms with van der Waals surface area (Å²) in [7, 11) is 0. The zero-order chi connectivity index (χ0) is 35.3. The normalized spacial score (nSPS) is 16.7. The SMILES string of the molecule is CC(C)CNC(=O)OCc1ccc(NC(=O)[C@H](C)NC(=O)[C@@H](NC(=O)C(C)CCOCCN2C(=O)CC(C(C)C)C2=O)C(C)C)cc1. The van der Waals surface area contributed by atoms with Gasteiger partial charge in [-0.15, -0.1) is 0 Å². The summed E-state index contributed by atoms with van der Waals surface area (Å²) < 4.78 is 10.8.